The Labute approximate surface area is 465 Å². The molecule has 79 heavy (non-hydrogen) atoms. The van der Waals surface area contributed by atoms with E-state index in [-0.39, 0.29) is 73.3 Å². The molecule has 7 heterocycles. The summed E-state index contributed by atoms with van der Waals surface area (Å²) in [5.74, 6) is 5.63. The number of nitrogens with one attached hydrogen (secondary N) is 1. The number of hydrogen-bond donors (Lipinski definition) is 5. The third-order valence-electron chi connectivity index (χ3n) is 24.7. The van der Waals surface area contributed by atoms with Crippen LogP contribution < -0.4 is 5.32 Å². The molecule has 12 aliphatic rings. The highest BCUT2D eigenvalue weighted by Gasteiger charge is 2.96. The molecule has 1 aromatic carbocycles. The van der Waals surface area contributed by atoms with Gasteiger partial charge in [0.15, 0.2) is 17.5 Å². The summed E-state index contributed by atoms with van der Waals surface area (Å²) in [7, 11) is 0. The van der Waals surface area contributed by atoms with Crippen molar-refractivity contribution in [3.63, 3.8) is 0 Å². The molecule has 0 radical (unpaired) electrons. The normalized spacial score (nSPS) is 47.6. The number of esters is 2. The quantitative estimate of drug-likeness (QED) is 0.0824. The molecule has 14 nitrogen and oxygen atoms in total. The zero-order chi connectivity index (χ0) is 54.6. The number of epoxide rings is 1. The Hall–Kier alpha value is -4.07. The number of furan rings is 1. The average Bonchev–Trinajstić information content (AvgIpc) is 1.90. The number of ketones is 1. The highest BCUT2D eigenvalue weighted by atomic mass is 16.7. The van der Waals surface area contributed by atoms with Crippen LogP contribution in [-0.2, 0) is 51.8 Å². The molecule has 5 saturated heterocycles. The van der Waals surface area contributed by atoms with Gasteiger partial charge in [-0.3, -0.25) is 14.9 Å². The van der Waals surface area contributed by atoms with Gasteiger partial charge in [-0.15, -0.1) is 0 Å². The lowest BCUT2D eigenvalue weighted by Crippen LogP contribution is -2.82. The topological polar surface area (TPSA) is 201 Å². The number of aliphatic hydroxyl groups excluding tert-OH is 4. The van der Waals surface area contributed by atoms with Crippen LogP contribution in [-0.4, -0.2) is 118 Å². The fourth-order valence-corrected chi connectivity index (χ4v) is 21.4. The molecule has 6 aliphatic carbocycles. The van der Waals surface area contributed by atoms with Crippen LogP contribution in [0.5, 0.6) is 0 Å². The van der Waals surface area contributed by atoms with E-state index >= 15 is 9.59 Å². The maximum Gasteiger partial charge on any atom is 0.339 e. The van der Waals surface area contributed by atoms with Crippen LogP contribution in [0.2, 0.25) is 0 Å². The zero-order valence-corrected chi connectivity index (χ0v) is 46.8. The van der Waals surface area contributed by atoms with Gasteiger partial charge in [0.05, 0.1) is 55.1 Å². The molecule has 14 heteroatoms. The first kappa shape index (κ1) is 53.0. The number of ether oxygens (including phenoxy) is 4. The maximum absolute atomic E-state index is 16.8. The van der Waals surface area contributed by atoms with E-state index in [1.165, 1.54) is 5.56 Å². The number of cyclic esters (lactones) is 1. The van der Waals surface area contributed by atoms with Crippen LogP contribution in [0.3, 0.4) is 0 Å². The van der Waals surface area contributed by atoms with Crippen molar-refractivity contribution in [1.29, 1.82) is 0 Å². The Morgan fingerprint density at radius 3 is 2.57 bits per heavy atom. The first-order chi connectivity index (χ1) is 38.1. The largest absolute Gasteiger partial charge is 0.469 e. The molecule has 14 rings (SSSR count). The van der Waals surface area contributed by atoms with Gasteiger partial charge in [0.25, 0.3) is 0 Å². The second-order valence-electron chi connectivity index (χ2n) is 28.3. The van der Waals surface area contributed by atoms with Crippen molar-refractivity contribution in [2.24, 2.45) is 86.8 Å². The third kappa shape index (κ3) is 7.05. The van der Waals surface area contributed by atoms with Crippen LogP contribution in [0.15, 0.2) is 59.4 Å². The molecular weight excluding hydrogens is 1000 g/mol. The van der Waals surface area contributed by atoms with Gasteiger partial charge in [0.2, 0.25) is 0 Å². The van der Waals surface area contributed by atoms with Crippen LogP contribution in [0.4, 0.5) is 0 Å². The van der Waals surface area contributed by atoms with E-state index in [4.69, 9.17) is 23.4 Å². The number of rotatable bonds is 12. The molecule has 6 aliphatic heterocycles. The second-order valence-corrected chi connectivity index (χ2v) is 28.3. The number of benzene rings is 1. The minimum absolute atomic E-state index is 0.0623. The van der Waals surface area contributed by atoms with Crippen molar-refractivity contribution in [3.05, 3.63) is 71.8 Å². The Morgan fingerprint density at radius 1 is 0.949 bits per heavy atom. The lowest BCUT2D eigenvalue weighted by Gasteiger charge is -2.72. The summed E-state index contributed by atoms with van der Waals surface area (Å²) in [4.78, 5) is 49.7. The number of Topliss-reactive ketones (excluding diaryl/α,β-unsaturated/α-hetero) is 1. The van der Waals surface area contributed by atoms with Crippen molar-refractivity contribution in [2.75, 3.05) is 33.0 Å². The molecule has 1 aromatic heterocycles. The summed E-state index contributed by atoms with van der Waals surface area (Å²) < 4.78 is 35.6. The van der Waals surface area contributed by atoms with Crippen molar-refractivity contribution in [1.82, 2.24) is 10.2 Å². The molecule has 2 aromatic rings. The molecule has 4 bridgehead atoms. The number of hydrogen-bond acceptors (Lipinski definition) is 14. The summed E-state index contributed by atoms with van der Waals surface area (Å²) in [6.07, 6.45) is 11.6. The van der Waals surface area contributed by atoms with Crippen LogP contribution in [0.1, 0.15) is 134 Å². The smallest absolute Gasteiger partial charge is 0.339 e. The molecule has 22 unspecified atom stereocenters. The third-order valence-corrected chi connectivity index (χ3v) is 24.7. The van der Waals surface area contributed by atoms with Crippen LogP contribution in [0, 0.1) is 98.6 Å². The van der Waals surface area contributed by atoms with E-state index in [1.807, 2.05) is 19.1 Å². The summed E-state index contributed by atoms with van der Waals surface area (Å²) in [5, 5.41) is 51.3. The fourth-order valence-electron chi connectivity index (χ4n) is 21.4. The van der Waals surface area contributed by atoms with E-state index in [0.717, 1.165) is 58.2 Å². The minimum Gasteiger partial charge on any atom is -0.469 e. The lowest BCUT2D eigenvalue weighted by molar-refractivity contribution is -0.301. The summed E-state index contributed by atoms with van der Waals surface area (Å²) in [6.45, 7) is 9.80. The molecule has 10 fully saturated rings. The summed E-state index contributed by atoms with van der Waals surface area (Å²) >= 11 is 0. The predicted molar refractivity (Wildman–Crippen MR) is 289 cm³/mol. The van der Waals surface area contributed by atoms with Crippen molar-refractivity contribution >= 4 is 17.7 Å². The van der Waals surface area contributed by atoms with E-state index in [2.05, 4.69) is 79.4 Å². The minimum atomic E-state index is -1.60. The van der Waals surface area contributed by atoms with E-state index in [9.17, 15) is 25.2 Å². The predicted octanol–water partition coefficient (Wildman–Crippen LogP) is 7.03. The Bertz CT molecular complexity index is 2840. The van der Waals surface area contributed by atoms with Gasteiger partial charge in [-0.1, -0.05) is 69.0 Å². The van der Waals surface area contributed by atoms with Gasteiger partial charge in [0.1, 0.15) is 24.1 Å². The van der Waals surface area contributed by atoms with E-state index in [0.29, 0.717) is 74.1 Å². The fraction of sp³-hybridized carbons (Fsp3) is 0.738. The van der Waals surface area contributed by atoms with Crippen molar-refractivity contribution in [2.45, 2.75) is 178 Å². The van der Waals surface area contributed by atoms with E-state index in [1.54, 1.807) is 6.26 Å². The Balaban J connectivity index is 0.937. The number of allylic oxidation sites excluding steroid dienone is 1. The van der Waals surface area contributed by atoms with Gasteiger partial charge in [-0.05, 0) is 168 Å². The molecule has 426 valence electrons. The summed E-state index contributed by atoms with van der Waals surface area (Å²) in [5.41, 5.74) is -6.97. The highest BCUT2D eigenvalue weighted by molar-refractivity contribution is 5.93. The average molecular weight is 1090 g/mol. The lowest BCUT2D eigenvalue weighted by atomic mass is 9.30. The number of carbonyl (C=O) groups is 3. The molecule has 0 amide bonds. The molecule has 4 spiro atoms. The first-order valence-corrected chi connectivity index (χ1v) is 30.7. The van der Waals surface area contributed by atoms with Gasteiger partial charge >= 0.3 is 11.9 Å². The maximum atomic E-state index is 16.8. The molecule has 5 saturated carbocycles. The Kier molecular flexibility index (Phi) is 12.6. The highest BCUT2D eigenvalue weighted by Crippen LogP contribution is 2.85. The monoisotopic (exact) mass is 1080 g/mol. The van der Waals surface area contributed by atoms with Gasteiger partial charge in [-0.2, -0.15) is 0 Å². The molecule has 5 N–H and O–H groups in total. The number of carbonyl (C=O) groups excluding carboxylic acids is 3. The first-order valence-electron chi connectivity index (χ1n) is 30.7. The second kappa shape index (κ2) is 18.7. The number of fused-ring (bicyclic) bond motifs is 5. The SMILES string of the molecule is CC(C)CCC1(C)OC2C3(CCC(CO)C3)C(=O)OCC23C1C(=O)C(O)C12C4CC(Cc5ccccc5)CCC4C#CCC4(c5ccoc5CC(C(O)CO)C5CCC6C(C=CN7CNCC67)C5)OC(=O)C5OC51C4(C)CCC32. The van der Waals surface area contributed by atoms with E-state index < -0.39 is 93.2 Å². The van der Waals surface area contributed by atoms with Crippen molar-refractivity contribution < 1.29 is 58.2 Å². The molecule has 22 atom stereocenters. The summed E-state index contributed by atoms with van der Waals surface area (Å²) in [6, 6.07) is 12.9. The van der Waals surface area contributed by atoms with Crippen LogP contribution >= 0.6 is 0 Å². The standard InChI is InChI=1S/C65H84N2O12/c1-37(2)16-22-59(3)53-52(71)54(72)64-47-28-39(27-38-9-6-5-7-10-38)12-13-41(47)11-8-21-63(46-20-26-75-50(46)30-45(49(70)34-69)42-14-15-44-43(29-42)19-25-67-36-66-32-48(44)67)60(4,65(64)55(77-65)56(73)78-63)23-18-51(64)62(53)35-76-58(74)61(57(62)79-59)24-17-40(31-61)33-68/h5-7,9-10,19-20,25-26,37,39-45,47-49,51,53-55,57,66,68-70,72H,12-18,21-24,27-36H2,1-4H3. The number of nitrogens with zero attached hydrogens (tertiary/aromatic N) is 1. The van der Waals surface area contributed by atoms with Gasteiger partial charge < -0.3 is 48.7 Å². The zero-order valence-electron chi connectivity index (χ0n) is 46.8. The number of aliphatic hydroxyl groups is 4. The molecular formula is C65H84N2O12. The van der Waals surface area contributed by atoms with Crippen LogP contribution in [0.25, 0.3) is 0 Å². The van der Waals surface area contributed by atoms with Crippen molar-refractivity contribution in [3.8, 4) is 11.8 Å². The van der Waals surface area contributed by atoms with Gasteiger partial charge in [0, 0.05) is 53.3 Å². The van der Waals surface area contributed by atoms with Gasteiger partial charge in [-0.25, -0.2) is 4.79 Å². The Morgan fingerprint density at radius 2 is 1.78 bits per heavy atom.